The maximum Gasteiger partial charge on any atom is 0.163 e. The molecule has 6 rings (SSSR count). The number of para-hydroxylation sites is 2. The lowest BCUT2D eigenvalue weighted by Crippen LogP contribution is -2.54. The zero-order valence-electron chi connectivity index (χ0n) is 16.4. The summed E-state index contributed by atoms with van der Waals surface area (Å²) in [4.78, 5) is 3.54. The van der Waals surface area contributed by atoms with Gasteiger partial charge in [0.25, 0.3) is 0 Å². The van der Waals surface area contributed by atoms with E-state index < -0.39 is 30.6 Å². The van der Waals surface area contributed by atoms with Crippen LogP contribution in [0.3, 0.4) is 0 Å². The molecule has 3 heterocycles. The van der Waals surface area contributed by atoms with Crippen molar-refractivity contribution in [3.05, 3.63) is 60.7 Å². The second kappa shape index (κ2) is 6.30. The van der Waals surface area contributed by atoms with Crippen molar-refractivity contribution in [3.8, 4) is 0 Å². The number of nitrogens with zero attached hydrogens (tertiary/aromatic N) is 1. The molecule has 5 unspecified atom stereocenters. The van der Waals surface area contributed by atoms with Gasteiger partial charge in [0, 0.05) is 27.1 Å². The zero-order valence-corrected chi connectivity index (χ0v) is 16.4. The molecule has 5 aromatic rings. The van der Waals surface area contributed by atoms with Crippen molar-refractivity contribution in [1.82, 2.24) is 9.55 Å². The van der Waals surface area contributed by atoms with Crippen LogP contribution in [0.1, 0.15) is 13.2 Å². The fourth-order valence-corrected chi connectivity index (χ4v) is 4.91. The van der Waals surface area contributed by atoms with E-state index in [0.29, 0.717) is 0 Å². The van der Waals surface area contributed by atoms with Gasteiger partial charge in [-0.3, -0.25) is 0 Å². The standard InChI is InChI=1S/C24H22N2O4/c1-12-21(27)22(28)23(29)24(30-12)26-18-9-5-3-7-14(18)16-11-10-15-13-6-2-4-8-17(13)25-19(15)20(16)26/h2-12,21-25,27-29H,1H3. The smallest absolute Gasteiger partial charge is 0.163 e. The van der Waals surface area contributed by atoms with Crippen molar-refractivity contribution in [3.63, 3.8) is 0 Å². The average molecular weight is 402 g/mol. The molecule has 3 aromatic carbocycles. The lowest BCUT2D eigenvalue weighted by atomic mass is 9.99. The number of rotatable bonds is 1. The molecule has 152 valence electrons. The Morgan fingerprint density at radius 3 is 2.30 bits per heavy atom. The van der Waals surface area contributed by atoms with Gasteiger partial charge in [0.05, 0.1) is 22.7 Å². The Balaban J connectivity index is 1.75. The number of benzene rings is 3. The van der Waals surface area contributed by atoms with Crippen molar-refractivity contribution >= 4 is 43.6 Å². The van der Waals surface area contributed by atoms with Gasteiger partial charge in [-0.1, -0.05) is 48.5 Å². The first-order valence-corrected chi connectivity index (χ1v) is 10.2. The van der Waals surface area contributed by atoms with Crippen molar-refractivity contribution < 1.29 is 20.1 Å². The third kappa shape index (κ3) is 2.27. The fourth-order valence-electron chi connectivity index (χ4n) is 4.91. The Hall–Kier alpha value is -2.90. The van der Waals surface area contributed by atoms with Crippen LogP contribution in [0, 0.1) is 0 Å². The zero-order chi connectivity index (χ0) is 20.6. The maximum atomic E-state index is 10.9. The highest BCUT2D eigenvalue weighted by atomic mass is 16.5. The van der Waals surface area contributed by atoms with Crippen LogP contribution in [0.5, 0.6) is 0 Å². The van der Waals surface area contributed by atoms with Gasteiger partial charge < -0.3 is 29.6 Å². The first-order chi connectivity index (χ1) is 14.6. The predicted molar refractivity (Wildman–Crippen MR) is 116 cm³/mol. The van der Waals surface area contributed by atoms with E-state index >= 15 is 0 Å². The topological polar surface area (TPSA) is 90.6 Å². The molecule has 1 saturated heterocycles. The second-order valence-electron chi connectivity index (χ2n) is 8.15. The van der Waals surface area contributed by atoms with Crippen LogP contribution in [0.25, 0.3) is 43.6 Å². The van der Waals surface area contributed by atoms with Crippen LogP contribution >= 0.6 is 0 Å². The molecule has 6 heteroatoms. The van der Waals surface area contributed by atoms with Gasteiger partial charge in [-0.25, -0.2) is 0 Å². The summed E-state index contributed by atoms with van der Waals surface area (Å²) in [6, 6.07) is 20.3. The van der Waals surface area contributed by atoms with Crippen molar-refractivity contribution in [2.75, 3.05) is 0 Å². The number of aliphatic hydroxyl groups excluding tert-OH is 3. The molecule has 1 aliphatic rings. The Morgan fingerprint density at radius 1 is 0.767 bits per heavy atom. The molecule has 30 heavy (non-hydrogen) atoms. The number of aromatic amines is 1. The van der Waals surface area contributed by atoms with Crippen LogP contribution in [0.2, 0.25) is 0 Å². The summed E-state index contributed by atoms with van der Waals surface area (Å²) < 4.78 is 8.01. The molecule has 5 atom stereocenters. The normalized spacial score (nSPS) is 27.5. The number of nitrogens with one attached hydrogen (secondary N) is 1. The Labute approximate surface area is 171 Å². The quantitative estimate of drug-likeness (QED) is 0.346. The molecule has 1 fully saturated rings. The first kappa shape index (κ1) is 17.9. The van der Waals surface area contributed by atoms with E-state index in [2.05, 4.69) is 23.2 Å². The third-order valence-electron chi connectivity index (χ3n) is 6.43. The molecule has 0 amide bonds. The third-order valence-corrected chi connectivity index (χ3v) is 6.43. The summed E-state index contributed by atoms with van der Waals surface area (Å²) in [5.74, 6) is 0. The first-order valence-electron chi connectivity index (χ1n) is 10.2. The summed E-state index contributed by atoms with van der Waals surface area (Å²) >= 11 is 0. The summed E-state index contributed by atoms with van der Waals surface area (Å²) in [5, 5.41) is 35.8. The summed E-state index contributed by atoms with van der Waals surface area (Å²) in [6.07, 6.45) is -5.16. The molecular weight excluding hydrogens is 380 g/mol. The number of aliphatic hydroxyl groups is 3. The van der Waals surface area contributed by atoms with E-state index in [-0.39, 0.29) is 0 Å². The highest BCUT2D eigenvalue weighted by molar-refractivity contribution is 6.22. The van der Waals surface area contributed by atoms with E-state index in [9.17, 15) is 15.3 Å². The molecule has 0 spiro atoms. The number of hydrogen-bond acceptors (Lipinski definition) is 4. The van der Waals surface area contributed by atoms with Crippen LogP contribution < -0.4 is 0 Å². The lowest BCUT2D eigenvalue weighted by molar-refractivity contribution is -0.238. The van der Waals surface area contributed by atoms with Gasteiger partial charge in [-0.15, -0.1) is 0 Å². The SMILES string of the molecule is CC1OC(n2c3ccccc3c3ccc4c5ccccc5[nH]c4c32)C(O)C(O)C1O. The molecular formula is C24H22N2O4. The minimum atomic E-state index is -1.29. The summed E-state index contributed by atoms with van der Waals surface area (Å²) in [6.45, 7) is 1.71. The maximum absolute atomic E-state index is 10.9. The van der Waals surface area contributed by atoms with E-state index in [1.165, 1.54) is 0 Å². The number of H-pyrrole nitrogens is 1. The van der Waals surface area contributed by atoms with Crippen LogP contribution in [0.4, 0.5) is 0 Å². The minimum absolute atomic E-state index is 0.619. The number of hydrogen-bond donors (Lipinski definition) is 4. The second-order valence-corrected chi connectivity index (χ2v) is 8.15. The predicted octanol–water partition coefficient (Wildman–Crippen LogP) is 3.43. The number of ether oxygens (including phenoxy) is 1. The van der Waals surface area contributed by atoms with Crippen molar-refractivity contribution in [2.45, 2.75) is 37.6 Å². The summed E-state index contributed by atoms with van der Waals surface area (Å²) in [7, 11) is 0. The van der Waals surface area contributed by atoms with Crippen molar-refractivity contribution in [1.29, 1.82) is 0 Å². The minimum Gasteiger partial charge on any atom is -0.388 e. The van der Waals surface area contributed by atoms with Gasteiger partial charge in [0.2, 0.25) is 0 Å². The lowest BCUT2D eigenvalue weighted by Gasteiger charge is -2.40. The van der Waals surface area contributed by atoms with Crippen LogP contribution in [-0.2, 0) is 4.74 Å². The van der Waals surface area contributed by atoms with Gasteiger partial charge >= 0.3 is 0 Å². The molecule has 2 aromatic heterocycles. The van der Waals surface area contributed by atoms with E-state index in [1.807, 2.05) is 47.0 Å². The van der Waals surface area contributed by atoms with Gasteiger partial charge in [0.1, 0.15) is 18.3 Å². The Morgan fingerprint density at radius 2 is 1.47 bits per heavy atom. The highest BCUT2D eigenvalue weighted by Crippen LogP contribution is 2.41. The molecule has 6 nitrogen and oxygen atoms in total. The van der Waals surface area contributed by atoms with Crippen LogP contribution in [0.15, 0.2) is 60.7 Å². The molecule has 0 aliphatic carbocycles. The largest absolute Gasteiger partial charge is 0.388 e. The number of aromatic nitrogens is 2. The molecule has 1 aliphatic heterocycles. The Bertz CT molecular complexity index is 1420. The van der Waals surface area contributed by atoms with Crippen molar-refractivity contribution in [2.24, 2.45) is 0 Å². The van der Waals surface area contributed by atoms with E-state index in [4.69, 9.17) is 4.74 Å². The highest BCUT2D eigenvalue weighted by Gasteiger charge is 2.43. The van der Waals surface area contributed by atoms with Crippen LogP contribution in [-0.4, -0.2) is 49.3 Å². The molecule has 0 saturated carbocycles. The average Bonchev–Trinajstić information content (AvgIpc) is 3.31. The molecule has 0 radical (unpaired) electrons. The van der Waals surface area contributed by atoms with Gasteiger partial charge in [-0.05, 0) is 19.1 Å². The number of fused-ring (bicyclic) bond motifs is 7. The monoisotopic (exact) mass is 402 g/mol. The molecule has 4 N–H and O–H groups in total. The van der Waals surface area contributed by atoms with E-state index in [1.54, 1.807) is 6.92 Å². The fraction of sp³-hybridized carbons (Fsp3) is 0.250. The van der Waals surface area contributed by atoms with Gasteiger partial charge in [-0.2, -0.15) is 0 Å². The van der Waals surface area contributed by atoms with Gasteiger partial charge in [0.15, 0.2) is 6.23 Å². The summed E-state index contributed by atoms with van der Waals surface area (Å²) in [5.41, 5.74) is 3.79. The Kier molecular flexibility index (Phi) is 3.76. The molecule has 0 bridgehead atoms. The van der Waals surface area contributed by atoms with E-state index in [0.717, 1.165) is 43.6 Å².